The fourth-order valence-corrected chi connectivity index (χ4v) is 3.37. The highest BCUT2D eigenvalue weighted by molar-refractivity contribution is 7.17. The molecule has 1 aromatic carbocycles. The van der Waals surface area contributed by atoms with Crippen LogP contribution in [0.25, 0.3) is 10.1 Å². The van der Waals surface area contributed by atoms with E-state index in [-0.39, 0.29) is 6.04 Å². The number of rotatable bonds is 4. The molecule has 0 bridgehead atoms. The molecule has 2 heterocycles. The van der Waals surface area contributed by atoms with E-state index >= 15 is 0 Å². The van der Waals surface area contributed by atoms with Gasteiger partial charge in [-0.3, -0.25) is 0 Å². The van der Waals surface area contributed by atoms with Crippen LogP contribution in [0.2, 0.25) is 0 Å². The predicted octanol–water partition coefficient (Wildman–Crippen LogP) is 3.55. The second-order valence-electron chi connectivity index (χ2n) is 4.67. The molecule has 20 heavy (non-hydrogen) atoms. The third-order valence-corrected chi connectivity index (χ3v) is 4.41. The molecule has 0 saturated carbocycles. The fourth-order valence-electron chi connectivity index (χ4n) is 2.39. The highest BCUT2D eigenvalue weighted by Gasteiger charge is 2.15. The monoisotopic (exact) mass is 284 g/mol. The van der Waals surface area contributed by atoms with Crippen molar-refractivity contribution in [3.05, 3.63) is 59.1 Å². The number of benzene rings is 1. The third-order valence-electron chi connectivity index (χ3n) is 3.39. The molecule has 0 aliphatic heterocycles. The van der Waals surface area contributed by atoms with Crippen molar-refractivity contribution >= 4 is 21.4 Å². The lowest BCUT2D eigenvalue weighted by molar-refractivity contribution is 0.388. The Hall–Kier alpha value is -1.91. The van der Waals surface area contributed by atoms with Crippen LogP contribution in [0.3, 0.4) is 0 Å². The van der Waals surface area contributed by atoms with Crippen LogP contribution in [0, 0.1) is 0 Å². The van der Waals surface area contributed by atoms with Gasteiger partial charge in [0.05, 0.1) is 7.11 Å². The zero-order chi connectivity index (χ0) is 13.9. The Morgan fingerprint density at radius 3 is 2.95 bits per heavy atom. The molecule has 0 saturated heterocycles. The summed E-state index contributed by atoms with van der Waals surface area (Å²) in [5, 5.41) is 3.48. The van der Waals surface area contributed by atoms with Crippen LogP contribution in [-0.4, -0.2) is 12.1 Å². The summed E-state index contributed by atoms with van der Waals surface area (Å²) in [6.07, 6.45) is 2.50. The number of ether oxygens (including phenoxy) is 1. The number of thiophene rings is 1. The van der Waals surface area contributed by atoms with Crippen molar-refractivity contribution in [2.24, 2.45) is 5.73 Å². The van der Waals surface area contributed by atoms with E-state index in [2.05, 4.69) is 34.6 Å². The summed E-state index contributed by atoms with van der Waals surface area (Å²) in [6.45, 7) is 0. The van der Waals surface area contributed by atoms with Crippen molar-refractivity contribution in [3.8, 4) is 5.88 Å². The largest absolute Gasteiger partial charge is 0.481 e. The van der Waals surface area contributed by atoms with Gasteiger partial charge in [0.25, 0.3) is 0 Å². The number of nitrogens with two attached hydrogens (primary N) is 1. The first-order valence-corrected chi connectivity index (χ1v) is 7.37. The summed E-state index contributed by atoms with van der Waals surface area (Å²) < 4.78 is 6.58. The van der Waals surface area contributed by atoms with E-state index in [4.69, 9.17) is 10.5 Å². The molecule has 0 aliphatic rings. The third kappa shape index (κ3) is 2.40. The van der Waals surface area contributed by atoms with Crippen LogP contribution in [-0.2, 0) is 6.42 Å². The number of hydrogen-bond donors (Lipinski definition) is 1. The molecule has 0 fully saturated rings. The zero-order valence-corrected chi connectivity index (χ0v) is 12.1. The summed E-state index contributed by atoms with van der Waals surface area (Å²) in [6, 6.07) is 12.2. The van der Waals surface area contributed by atoms with Gasteiger partial charge in [0, 0.05) is 22.5 Å². The molecule has 0 amide bonds. The lowest BCUT2D eigenvalue weighted by atomic mass is 10.00. The fraction of sp³-hybridized carbons (Fsp3) is 0.188. The maximum absolute atomic E-state index is 6.34. The highest BCUT2D eigenvalue weighted by Crippen LogP contribution is 2.30. The Labute approximate surface area is 122 Å². The van der Waals surface area contributed by atoms with Crippen LogP contribution in [0.1, 0.15) is 17.2 Å². The predicted molar refractivity (Wildman–Crippen MR) is 83.2 cm³/mol. The maximum atomic E-state index is 6.34. The molecule has 2 aromatic heterocycles. The van der Waals surface area contributed by atoms with E-state index in [0.29, 0.717) is 5.88 Å². The van der Waals surface area contributed by atoms with Crippen LogP contribution >= 0.6 is 11.3 Å². The van der Waals surface area contributed by atoms with Crippen molar-refractivity contribution in [1.29, 1.82) is 0 Å². The molecule has 3 rings (SSSR count). The Kier molecular flexibility index (Phi) is 3.67. The first-order valence-electron chi connectivity index (χ1n) is 6.49. The average Bonchev–Trinajstić information content (AvgIpc) is 2.90. The number of pyridine rings is 1. The SMILES string of the molecule is COc1ncccc1C(N)Cc1csc2ccccc12. The minimum absolute atomic E-state index is 0.114. The highest BCUT2D eigenvalue weighted by atomic mass is 32.1. The summed E-state index contributed by atoms with van der Waals surface area (Å²) in [7, 11) is 1.62. The van der Waals surface area contributed by atoms with Gasteiger partial charge in [-0.2, -0.15) is 0 Å². The standard InChI is InChI=1S/C16H16N2OS/c1-19-16-13(6-4-8-18-16)14(17)9-11-10-20-15-7-3-2-5-12(11)15/h2-8,10,14H,9,17H2,1H3. The molecule has 1 unspecified atom stereocenters. The van der Waals surface area contributed by atoms with Crippen LogP contribution in [0.5, 0.6) is 5.88 Å². The molecule has 1 atom stereocenters. The number of methoxy groups -OCH3 is 1. The second-order valence-corrected chi connectivity index (χ2v) is 5.58. The van der Waals surface area contributed by atoms with Crippen molar-refractivity contribution in [3.63, 3.8) is 0 Å². The minimum atomic E-state index is -0.114. The average molecular weight is 284 g/mol. The number of hydrogen-bond acceptors (Lipinski definition) is 4. The van der Waals surface area contributed by atoms with Crippen molar-refractivity contribution in [1.82, 2.24) is 4.98 Å². The molecule has 0 radical (unpaired) electrons. The van der Waals surface area contributed by atoms with Gasteiger partial charge in [0.1, 0.15) is 0 Å². The quantitative estimate of drug-likeness (QED) is 0.797. The molecule has 0 aliphatic carbocycles. The lowest BCUT2D eigenvalue weighted by Gasteiger charge is -2.14. The summed E-state index contributed by atoms with van der Waals surface area (Å²) in [5.41, 5.74) is 8.57. The van der Waals surface area contributed by atoms with E-state index in [9.17, 15) is 0 Å². The van der Waals surface area contributed by atoms with Gasteiger partial charge in [-0.15, -0.1) is 11.3 Å². The van der Waals surface area contributed by atoms with Crippen LogP contribution < -0.4 is 10.5 Å². The summed E-state index contributed by atoms with van der Waals surface area (Å²) in [4.78, 5) is 4.21. The van der Waals surface area contributed by atoms with Gasteiger partial charge in [-0.05, 0) is 34.9 Å². The Morgan fingerprint density at radius 2 is 2.10 bits per heavy atom. The summed E-state index contributed by atoms with van der Waals surface area (Å²) in [5.74, 6) is 0.611. The van der Waals surface area contributed by atoms with Gasteiger partial charge in [-0.1, -0.05) is 24.3 Å². The molecule has 102 valence electrons. The smallest absolute Gasteiger partial charge is 0.217 e. The van der Waals surface area contributed by atoms with E-state index in [0.717, 1.165) is 12.0 Å². The normalized spacial score (nSPS) is 12.5. The minimum Gasteiger partial charge on any atom is -0.481 e. The second kappa shape index (κ2) is 5.61. The van der Waals surface area contributed by atoms with Gasteiger partial charge in [-0.25, -0.2) is 4.98 Å². The Morgan fingerprint density at radius 1 is 1.25 bits per heavy atom. The molecule has 2 N–H and O–H groups in total. The van der Waals surface area contributed by atoms with Gasteiger partial charge < -0.3 is 10.5 Å². The number of nitrogens with zero attached hydrogens (tertiary/aromatic N) is 1. The lowest BCUT2D eigenvalue weighted by Crippen LogP contribution is -2.14. The van der Waals surface area contributed by atoms with Gasteiger partial charge >= 0.3 is 0 Å². The number of fused-ring (bicyclic) bond motifs is 1. The van der Waals surface area contributed by atoms with Crippen LogP contribution in [0.15, 0.2) is 48.0 Å². The molecular formula is C16H16N2OS. The molecular weight excluding hydrogens is 268 g/mol. The van der Waals surface area contributed by atoms with Crippen molar-refractivity contribution < 1.29 is 4.74 Å². The van der Waals surface area contributed by atoms with Crippen molar-refractivity contribution in [2.45, 2.75) is 12.5 Å². The van der Waals surface area contributed by atoms with E-state index in [1.165, 1.54) is 15.6 Å². The Balaban J connectivity index is 1.90. The van der Waals surface area contributed by atoms with Gasteiger partial charge in [0.15, 0.2) is 0 Å². The topological polar surface area (TPSA) is 48.1 Å². The van der Waals surface area contributed by atoms with Gasteiger partial charge in [0.2, 0.25) is 5.88 Å². The van der Waals surface area contributed by atoms with Crippen molar-refractivity contribution in [2.75, 3.05) is 7.11 Å². The number of aromatic nitrogens is 1. The first-order chi connectivity index (χ1) is 9.79. The molecule has 3 nitrogen and oxygen atoms in total. The molecule has 0 spiro atoms. The molecule has 3 aromatic rings. The first kappa shape index (κ1) is 13.1. The van der Waals surface area contributed by atoms with E-state index in [1.807, 2.05) is 12.1 Å². The maximum Gasteiger partial charge on any atom is 0.217 e. The van der Waals surface area contributed by atoms with E-state index in [1.54, 1.807) is 24.6 Å². The van der Waals surface area contributed by atoms with Crippen LogP contribution in [0.4, 0.5) is 0 Å². The molecule has 4 heteroatoms. The Bertz CT molecular complexity index is 723. The zero-order valence-electron chi connectivity index (χ0n) is 11.2. The summed E-state index contributed by atoms with van der Waals surface area (Å²) >= 11 is 1.76. The van der Waals surface area contributed by atoms with E-state index < -0.39 is 0 Å².